The number of nitrogens with zero attached hydrogens (tertiary/aromatic N) is 1. The van der Waals surface area contributed by atoms with E-state index in [1.807, 2.05) is 6.92 Å². The van der Waals surface area contributed by atoms with Crippen molar-refractivity contribution >= 4 is 17.4 Å². The molecule has 1 atom stereocenters. The van der Waals surface area contributed by atoms with Gasteiger partial charge in [-0.25, -0.2) is 9.37 Å². The van der Waals surface area contributed by atoms with Gasteiger partial charge in [-0.05, 0) is 19.4 Å². The van der Waals surface area contributed by atoms with Crippen LogP contribution in [-0.2, 0) is 0 Å². The summed E-state index contributed by atoms with van der Waals surface area (Å²) in [7, 11) is 0. The minimum Gasteiger partial charge on any atom is -0.365 e. The Morgan fingerprint density at radius 2 is 2.36 bits per heavy atom. The van der Waals surface area contributed by atoms with Crippen molar-refractivity contribution in [1.82, 2.24) is 4.98 Å². The van der Waals surface area contributed by atoms with Crippen molar-refractivity contribution in [2.75, 3.05) is 5.32 Å². The summed E-state index contributed by atoms with van der Waals surface area (Å²) in [6.07, 6.45) is 3.48. The molecular weight excluding hydrogens is 203 g/mol. The summed E-state index contributed by atoms with van der Waals surface area (Å²) in [5, 5.41) is 3.31. The van der Waals surface area contributed by atoms with Crippen LogP contribution in [0.4, 0.5) is 10.2 Å². The Labute approximate surface area is 88.5 Å². The van der Waals surface area contributed by atoms with Crippen molar-refractivity contribution in [3.8, 4) is 0 Å². The molecule has 0 amide bonds. The minimum atomic E-state index is -0.402. The quantitative estimate of drug-likeness (QED) is 0.834. The molecule has 0 aromatic carbocycles. The molecule has 1 aromatic heterocycles. The molecule has 1 N–H and O–H groups in total. The van der Waals surface area contributed by atoms with E-state index in [4.69, 9.17) is 11.6 Å². The first-order chi connectivity index (χ1) is 6.63. The summed E-state index contributed by atoms with van der Waals surface area (Å²) in [4.78, 5) is 3.88. The van der Waals surface area contributed by atoms with Gasteiger partial charge >= 0.3 is 0 Å². The van der Waals surface area contributed by atoms with Crippen LogP contribution in [0.15, 0.2) is 12.3 Å². The fourth-order valence-corrected chi connectivity index (χ4v) is 1.40. The van der Waals surface area contributed by atoms with E-state index < -0.39 is 5.82 Å². The third-order valence-corrected chi connectivity index (χ3v) is 2.12. The molecule has 0 radical (unpaired) electrons. The average molecular weight is 217 g/mol. The fourth-order valence-electron chi connectivity index (χ4n) is 1.26. The van der Waals surface area contributed by atoms with Gasteiger partial charge in [-0.15, -0.1) is 0 Å². The maximum absolute atomic E-state index is 13.2. The minimum absolute atomic E-state index is 0.225. The van der Waals surface area contributed by atoms with Crippen molar-refractivity contribution in [2.24, 2.45) is 0 Å². The second-order valence-corrected chi connectivity index (χ2v) is 3.75. The number of nitrogens with one attached hydrogen (secondary N) is 1. The molecule has 78 valence electrons. The lowest BCUT2D eigenvalue weighted by Gasteiger charge is -2.13. The van der Waals surface area contributed by atoms with Crippen LogP contribution in [0.3, 0.4) is 0 Å². The van der Waals surface area contributed by atoms with Crippen LogP contribution in [0, 0.1) is 5.82 Å². The first-order valence-corrected chi connectivity index (χ1v) is 5.09. The highest BCUT2D eigenvalue weighted by atomic mass is 35.5. The molecule has 1 aromatic rings. The average Bonchev–Trinajstić information content (AvgIpc) is 2.10. The topological polar surface area (TPSA) is 24.9 Å². The van der Waals surface area contributed by atoms with Crippen molar-refractivity contribution in [3.63, 3.8) is 0 Å². The molecule has 14 heavy (non-hydrogen) atoms. The van der Waals surface area contributed by atoms with E-state index in [2.05, 4.69) is 17.2 Å². The van der Waals surface area contributed by atoms with Crippen LogP contribution < -0.4 is 5.32 Å². The van der Waals surface area contributed by atoms with Gasteiger partial charge in [0.25, 0.3) is 0 Å². The maximum atomic E-state index is 13.2. The van der Waals surface area contributed by atoms with Crippen LogP contribution in [0.25, 0.3) is 0 Å². The van der Waals surface area contributed by atoms with E-state index >= 15 is 0 Å². The Kier molecular flexibility index (Phi) is 4.14. The van der Waals surface area contributed by atoms with Gasteiger partial charge in [0.05, 0.1) is 5.02 Å². The highest BCUT2D eigenvalue weighted by Crippen LogP contribution is 2.16. The van der Waals surface area contributed by atoms with Gasteiger partial charge in [-0.2, -0.15) is 0 Å². The van der Waals surface area contributed by atoms with E-state index in [0.717, 1.165) is 12.8 Å². The standard InChI is InChI=1S/C10H14ClFN2/c1-3-4-7(2)14-10-9(12)5-8(11)6-13-10/h5-7H,3-4H2,1-2H3,(H,13,14). The van der Waals surface area contributed by atoms with Crippen molar-refractivity contribution in [2.45, 2.75) is 32.7 Å². The van der Waals surface area contributed by atoms with E-state index in [9.17, 15) is 4.39 Å². The Hall–Kier alpha value is -0.830. The summed E-state index contributed by atoms with van der Waals surface area (Å²) >= 11 is 5.58. The molecule has 0 aliphatic rings. The lowest BCUT2D eigenvalue weighted by Crippen LogP contribution is -2.16. The van der Waals surface area contributed by atoms with Gasteiger partial charge in [-0.3, -0.25) is 0 Å². The first kappa shape index (κ1) is 11.2. The second kappa shape index (κ2) is 5.15. The first-order valence-electron chi connectivity index (χ1n) is 4.71. The number of anilines is 1. The SMILES string of the molecule is CCCC(C)Nc1ncc(Cl)cc1F. The molecular formula is C10H14ClFN2. The zero-order valence-electron chi connectivity index (χ0n) is 8.35. The van der Waals surface area contributed by atoms with Crippen molar-refractivity contribution in [1.29, 1.82) is 0 Å². The lowest BCUT2D eigenvalue weighted by molar-refractivity contribution is 0.613. The molecule has 0 aliphatic carbocycles. The Morgan fingerprint density at radius 1 is 1.64 bits per heavy atom. The van der Waals surface area contributed by atoms with Gasteiger partial charge in [0.2, 0.25) is 0 Å². The second-order valence-electron chi connectivity index (χ2n) is 3.32. The molecule has 1 unspecified atom stereocenters. The van der Waals surface area contributed by atoms with Crippen LogP contribution in [0.2, 0.25) is 5.02 Å². The predicted molar refractivity (Wildman–Crippen MR) is 57.2 cm³/mol. The zero-order chi connectivity index (χ0) is 10.6. The van der Waals surface area contributed by atoms with E-state index in [-0.39, 0.29) is 11.9 Å². The van der Waals surface area contributed by atoms with Crippen LogP contribution in [0.5, 0.6) is 0 Å². The van der Waals surface area contributed by atoms with Crippen molar-refractivity contribution in [3.05, 3.63) is 23.1 Å². The summed E-state index contributed by atoms with van der Waals surface area (Å²) in [5.41, 5.74) is 0. The van der Waals surface area contributed by atoms with Crippen LogP contribution >= 0.6 is 11.6 Å². The zero-order valence-corrected chi connectivity index (χ0v) is 9.11. The largest absolute Gasteiger partial charge is 0.365 e. The lowest BCUT2D eigenvalue weighted by atomic mass is 10.2. The fraction of sp³-hybridized carbons (Fsp3) is 0.500. The number of hydrogen-bond donors (Lipinski definition) is 1. The highest BCUT2D eigenvalue weighted by molar-refractivity contribution is 6.30. The van der Waals surface area contributed by atoms with Gasteiger partial charge in [0, 0.05) is 12.2 Å². The van der Waals surface area contributed by atoms with E-state index in [0.29, 0.717) is 5.02 Å². The maximum Gasteiger partial charge on any atom is 0.166 e. The van der Waals surface area contributed by atoms with Crippen LogP contribution in [-0.4, -0.2) is 11.0 Å². The van der Waals surface area contributed by atoms with Gasteiger partial charge in [0.1, 0.15) is 0 Å². The third kappa shape index (κ3) is 3.14. The van der Waals surface area contributed by atoms with Gasteiger partial charge in [-0.1, -0.05) is 24.9 Å². The van der Waals surface area contributed by atoms with E-state index in [1.54, 1.807) is 0 Å². The summed E-state index contributed by atoms with van der Waals surface area (Å²) in [6, 6.07) is 1.48. The summed E-state index contributed by atoms with van der Waals surface area (Å²) in [5.74, 6) is -0.129. The number of halogens is 2. The smallest absolute Gasteiger partial charge is 0.166 e. The molecule has 1 heterocycles. The van der Waals surface area contributed by atoms with E-state index in [1.165, 1.54) is 12.3 Å². The summed E-state index contributed by atoms with van der Waals surface area (Å²) < 4.78 is 13.2. The normalized spacial score (nSPS) is 12.6. The van der Waals surface area contributed by atoms with Gasteiger partial charge in [0.15, 0.2) is 11.6 Å². The van der Waals surface area contributed by atoms with Crippen molar-refractivity contribution < 1.29 is 4.39 Å². The highest BCUT2D eigenvalue weighted by Gasteiger charge is 2.07. The number of hydrogen-bond acceptors (Lipinski definition) is 2. The molecule has 0 spiro atoms. The molecule has 0 saturated heterocycles. The molecule has 0 saturated carbocycles. The predicted octanol–water partition coefficient (Wildman–Crippen LogP) is 3.47. The third-order valence-electron chi connectivity index (χ3n) is 1.91. The summed E-state index contributed by atoms with van der Waals surface area (Å²) in [6.45, 7) is 4.09. The molecule has 0 aliphatic heterocycles. The monoisotopic (exact) mass is 216 g/mol. The molecule has 2 nitrogen and oxygen atoms in total. The Bertz CT molecular complexity index is 304. The Balaban J connectivity index is 2.67. The molecule has 1 rings (SSSR count). The molecule has 4 heteroatoms. The number of rotatable bonds is 4. The number of pyridine rings is 1. The molecule has 0 fully saturated rings. The number of aromatic nitrogens is 1. The Morgan fingerprint density at radius 3 is 2.93 bits per heavy atom. The molecule has 0 bridgehead atoms. The van der Waals surface area contributed by atoms with Crippen LogP contribution in [0.1, 0.15) is 26.7 Å². The van der Waals surface area contributed by atoms with Gasteiger partial charge < -0.3 is 5.32 Å².